The van der Waals surface area contributed by atoms with Gasteiger partial charge in [-0.2, -0.15) is 0 Å². The smallest absolute Gasteiger partial charge is 0.317 e. The van der Waals surface area contributed by atoms with E-state index in [0.717, 1.165) is 5.56 Å². The number of carbonyl (C=O) groups excluding carboxylic acids is 2. The van der Waals surface area contributed by atoms with Crippen molar-refractivity contribution in [3.05, 3.63) is 70.7 Å². The molecule has 0 aromatic heterocycles. The Balaban J connectivity index is 1.94. The number of benzene rings is 2. The van der Waals surface area contributed by atoms with Crippen LogP contribution in [0.3, 0.4) is 0 Å². The molecule has 0 saturated heterocycles. The number of ether oxygens (including phenoxy) is 1. The average Bonchev–Trinajstić information content (AvgIpc) is 3.32. The van der Waals surface area contributed by atoms with Gasteiger partial charge >= 0.3 is 5.97 Å². The Morgan fingerprint density at radius 1 is 1.09 bits per heavy atom. The first-order chi connectivity index (χ1) is 10.6. The molecule has 3 rings (SSSR count). The van der Waals surface area contributed by atoms with Gasteiger partial charge in [0.25, 0.3) is 0 Å². The van der Waals surface area contributed by atoms with Crippen LogP contribution in [-0.4, -0.2) is 18.9 Å². The average molecular weight is 315 g/mol. The molecule has 0 unspecified atom stereocenters. The number of methoxy groups -OCH3 is 1. The second-order valence-corrected chi connectivity index (χ2v) is 5.89. The van der Waals surface area contributed by atoms with Crippen molar-refractivity contribution in [1.29, 1.82) is 0 Å². The van der Waals surface area contributed by atoms with Crippen LogP contribution in [0.2, 0.25) is 5.02 Å². The van der Waals surface area contributed by atoms with Crippen molar-refractivity contribution < 1.29 is 14.3 Å². The van der Waals surface area contributed by atoms with Crippen LogP contribution in [0, 0.1) is 5.92 Å². The van der Waals surface area contributed by atoms with Gasteiger partial charge in [-0.3, -0.25) is 9.59 Å². The number of carbonyl (C=O) groups is 2. The van der Waals surface area contributed by atoms with Crippen LogP contribution in [0.15, 0.2) is 54.6 Å². The van der Waals surface area contributed by atoms with Gasteiger partial charge in [-0.1, -0.05) is 41.9 Å². The van der Waals surface area contributed by atoms with Gasteiger partial charge in [0.05, 0.1) is 7.11 Å². The lowest BCUT2D eigenvalue weighted by Crippen LogP contribution is -2.27. The molecule has 0 amide bonds. The van der Waals surface area contributed by atoms with Crippen LogP contribution in [-0.2, 0) is 14.9 Å². The van der Waals surface area contributed by atoms with Crippen LogP contribution in [0.4, 0.5) is 0 Å². The van der Waals surface area contributed by atoms with Crippen molar-refractivity contribution in [2.24, 2.45) is 5.92 Å². The molecule has 1 aliphatic carbocycles. The lowest BCUT2D eigenvalue weighted by atomic mass is 9.90. The highest BCUT2D eigenvalue weighted by Crippen LogP contribution is 2.56. The molecule has 1 saturated carbocycles. The fraction of sp³-hybridized carbons (Fsp3) is 0.222. The fourth-order valence-electron chi connectivity index (χ4n) is 2.98. The van der Waals surface area contributed by atoms with E-state index in [4.69, 9.17) is 16.3 Å². The van der Waals surface area contributed by atoms with Gasteiger partial charge in [-0.05, 0) is 36.2 Å². The molecule has 0 aliphatic heterocycles. The number of halogens is 1. The van der Waals surface area contributed by atoms with E-state index in [2.05, 4.69) is 0 Å². The van der Waals surface area contributed by atoms with Crippen molar-refractivity contribution in [2.45, 2.75) is 11.8 Å². The van der Waals surface area contributed by atoms with Crippen molar-refractivity contribution in [1.82, 2.24) is 0 Å². The van der Waals surface area contributed by atoms with E-state index in [1.54, 1.807) is 24.3 Å². The first-order valence-corrected chi connectivity index (χ1v) is 7.41. The summed E-state index contributed by atoms with van der Waals surface area (Å²) >= 11 is 5.85. The maximum Gasteiger partial charge on any atom is 0.317 e. The summed E-state index contributed by atoms with van der Waals surface area (Å²) in [6.07, 6.45) is 0.477. The number of esters is 1. The summed E-state index contributed by atoms with van der Waals surface area (Å²) in [4.78, 5) is 25.0. The number of ketones is 1. The first kappa shape index (κ1) is 14.8. The largest absolute Gasteiger partial charge is 0.468 e. The van der Waals surface area contributed by atoms with Crippen LogP contribution >= 0.6 is 11.6 Å². The summed E-state index contributed by atoms with van der Waals surface area (Å²) in [5.41, 5.74) is 0.539. The minimum atomic E-state index is -0.854. The SMILES string of the molecule is COC(=O)[C@@]1(c2ccccc2)C[C@@H]1C(=O)c1ccc(Cl)cc1. The second kappa shape index (κ2) is 5.58. The summed E-state index contributed by atoms with van der Waals surface area (Å²) in [6.45, 7) is 0. The molecule has 2 atom stereocenters. The molecule has 2 aromatic rings. The summed E-state index contributed by atoms with van der Waals surface area (Å²) in [5.74, 6) is -0.791. The first-order valence-electron chi connectivity index (χ1n) is 7.03. The zero-order valence-corrected chi connectivity index (χ0v) is 12.8. The highest BCUT2D eigenvalue weighted by atomic mass is 35.5. The Kier molecular flexibility index (Phi) is 3.75. The third kappa shape index (κ3) is 2.32. The van der Waals surface area contributed by atoms with Gasteiger partial charge in [0.1, 0.15) is 5.41 Å². The molecule has 0 N–H and O–H groups in total. The summed E-state index contributed by atoms with van der Waals surface area (Å²) in [7, 11) is 1.36. The highest BCUT2D eigenvalue weighted by Gasteiger charge is 2.65. The minimum Gasteiger partial charge on any atom is -0.468 e. The molecule has 1 fully saturated rings. The zero-order valence-electron chi connectivity index (χ0n) is 12.1. The molecule has 2 aromatic carbocycles. The maximum atomic E-state index is 12.7. The second-order valence-electron chi connectivity index (χ2n) is 5.46. The number of Topliss-reactive ketones (excluding diaryl/α,β-unsaturated/α-hetero) is 1. The third-order valence-corrected chi connectivity index (χ3v) is 4.50. The van der Waals surface area contributed by atoms with E-state index in [0.29, 0.717) is 17.0 Å². The molecule has 0 radical (unpaired) electrons. The van der Waals surface area contributed by atoms with E-state index in [1.165, 1.54) is 7.11 Å². The number of hydrogen-bond donors (Lipinski definition) is 0. The van der Waals surface area contributed by atoms with E-state index >= 15 is 0 Å². The third-order valence-electron chi connectivity index (χ3n) is 4.24. The fourth-order valence-corrected chi connectivity index (χ4v) is 3.10. The zero-order chi connectivity index (χ0) is 15.7. The Labute approximate surface area is 133 Å². The van der Waals surface area contributed by atoms with Crippen molar-refractivity contribution >= 4 is 23.4 Å². The number of hydrogen-bond acceptors (Lipinski definition) is 3. The lowest BCUT2D eigenvalue weighted by Gasteiger charge is -2.15. The maximum absolute atomic E-state index is 12.7. The molecular weight excluding hydrogens is 300 g/mol. The Bertz CT molecular complexity index is 709. The minimum absolute atomic E-state index is 0.0501. The summed E-state index contributed by atoms with van der Waals surface area (Å²) in [5, 5.41) is 0.578. The van der Waals surface area contributed by atoms with Gasteiger partial charge in [-0.25, -0.2) is 0 Å². The van der Waals surface area contributed by atoms with Crippen LogP contribution in [0.25, 0.3) is 0 Å². The molecule has 112 valence electrons. The molecule has 0 bridgehead atoms. The molecule has 22 heavy (non-hydrogen) atoms. The van der Waals surface area contributed by atoms with Crippen molar-refractivity contribution in [3.63, 3.8) is 0 Å². The molecule has 4 heteroatoms. The molecule has 0 spiro atoms. The summed E-state index contributed by atoms with van der Waals surface area (Å²) < 4.78 is 4.96. The van der Waals surface area contributed by atoms with Gasteiger partial charge in [-0.15, -0.1) is 0 Å². The molecule has 3 nitrogen and oxygen atoms in total. The van der Waals surface area contributed by atoms with Gasteiger partial charge in [0.15, 0.2) is 5.78 Å². The van der Waals surface area contributed by atoms with Crippen LogP contribution in [0.1, 0.15) is 22.3 Å². The van der Waals surface area contributed by atoms with E-state index in [9.17, 15) is 9.59 Å². The molecule has 1 aliphatic rings. The Hall–Kier alpha value is -2.13. The quantitative estimate of drug-likeness (QED) is 0.639. The van der Waals surface area contributed by atoms with E-state index < -0.39 is 5.41 Å². The summed E-state index contributed by atoms with van der Waals surface area (Å²) in [6, 6.07) is 16.1. The van der Waals surface area contributed by atoms with Gasteiger partial charge < -0.3 is 4.74 Å². The number of rotatable bonds is 4. The Morgan fingerprint density at radius 2 is 1.73 bits per heavy atom. The van der Waals surface area contributed by atoms with Crippen LogP contribution in [0.5, 0.6) is 0 Å². The van der Waals surface area contributed by atoms with Gasteiger partial charge in [0.2, 0.25) is 0 Å². The van der Waals surface area contributed by atoms with Crippen molar-refractivity contribution in [2.75, 3.05) is 7.11 Å². The lowest BCUT2D eigenvalue weighted by molar-refractivity contribution is -0.144. The topological polar surface area (TPSA) is 43.4 Å². The van der Waals surface area contributed by atoms with Crippen LogP contribution < -0.4 is 0 Å². The molecule has 0 heterocycles. The van der Waals surface area contributed by atoms with Crippen molar-refractivity contribution in [3.8, 4) is 0 Å². The Morgan fingerprint density at radius 3 is 2.32 bits per heavy atom. The van der Waals surface area contributed by atoms with E-state index in [-0.39, 0.29) is 17.7 Å². The van der Waals surface area contributed by atoms with Gasteiger partial charge in [0, 0.05) is 16.5 Å². The normalized spacial score (nSPS) is 22.9. The highest BCUT2D eigenvalue weighted by molar-refractivity contribution is 6.30. The predicted octanol–water partition coefficient (Wildman–Crippen LogP) is 3.65. The standard InChI is InChI=1S/C18H15ClO3/c1-22-17(21)18(13-5-3-2-4-6-13)11-15(18)16(20)12-7-9-14(19)10-8-12/h2-10,15H,11H2,1H3/t15-,18-/m1/s1. The monoisotopic (exact) mass is 314 g/mol. The van der Waals surface area contributed by atoms with E-state index in [1.807, 2.05) is 30.3 Å². The predicted molar refractivity (Wildman–Crippen MR) is 84.0 cm³/mol. The molecular formula is C18H15ClO3.